The first-order valence-electron chi connectivity index (χ1n) is 17.0. The first-order valence-corrected chi connectivity index (χ1v) is 17.0. The van der Waals surface area contributed by atoms with Gasteiger partial charge in [0.15, 0.2) is 0 Å². The largest absolute Gasteiger partial charge is 0.387 e. The van der Waals surface area contributed by atoms with Crippen LogP contribution in [0.25, 0.3) is 6.08 Å². The van der Waals surface area contributed by atoms with Crippen LogP contribution in [0.15, 0.2) is 65.3 Å². The van der Waals surface area contributed by atoms with Crippen LogP contribution in [0.4, 0.5) is 11.4 Å². The number of carbonyl (C=O) groups is 2. The van der Waals surface area contributed by atoms with E-state index in [4.69, 9.17) is 16.2 Å². The van der Waals surface area contributed by atoms with Gasteiger partial charge in [-0.3, -0.25) is 24.4 Å². The number of nitrogens with two attached hydrogens (primary N) is 2. The number of epoxide rings is 1. The van der Waals surface area contributed by atoms with E-state index in [2.05, 4.69) is 50.3 Å². The van der Waals surface area contributed by atoms with Crippen molar-refractivity contribution < 1.29 is 14.3 Å². The maximum atomic E-state index is 13.4. The smallest absolute Gasteiger partial charge is 0.255 e. The molecule has 0 radical (unpaired) electrons. The zero-order valence-electron chi connectivity index (χ0n) is 27.9. The molecule has 6 N–H and O–H groups in total. The topological polar surface area (TPSA) is 155 Å². The molecular formula is C37H46N8O3. The molecule has 0 aliphatic carbocycles. The lowest BCUT2D eigenvalue weighted by atomic mass is 10.0. The number of aliphatic imine (C=N–C) groups is 1. The molecule has 2 amide bonds. The summed E-state index contributed by atoms with van der Waals surface area (Å²) in [7, 11) is 0. The number of benzene rings is 2. The Hall–Kier alpha value is -4.42. The highest BCUT2D eigenvalue weighted by Crippen LogP contribution is 2.38. The van der Waals surface area contributed by atoms with Gasteiger partial charge in [-0.1, -0.05) is 38.1 Å². The van der Waals surface area contributed by atoms with E-state index in [-0.39, 0.29) is 24.1 Å². The van der Waals surface area contributed by atoms with Gasteiger partial charge in [0.2, 0.25) is 0 Å². The first-order chi connectivity index (χ1) is 23.3. The van der Waals surface area contributed by atoms with Crippen LogP contribution in [0.1, 0.15) is 76.2 Å². The highest BCUT2D eigenvalue weighted by molar-refractivity contribution is 6.05. The summed E-state index contributed by atoms with van der Waals surface area (Å²) in [6.45, 7) is 9.59. The standard InChI is InChI=1S/C37H46N8O3/c1-3-14-45(15-4-2)37-34(48-37)28-17-26-9-10-27(19-32(26)43-33(39)20-28)36(47)42-30-18-29-23-44(16-11-31(29)41-21-30)22-24-5-7-25(8-6-24)35(46)40-13-12-38/h5-10,17-19,21,34,37H,3-4,11-16,20,22-23,38H2,1-2H3,(H2,39,43)(H,40,46)(H,42,47). The van der Waals surface area contributed by atoms with Crippen LogP contribution in [-0.4, -0.2) is 77.5 Å². The predicted octanol–water partition coefficient (Wildman–Crippen LogP) is 4.20. The Bertz CT molecular complexity index is 1700. The predicted molar refractivity (Wildman–Crippen MR) is 189 cm³/mol. The highest BCUT2D eigenvalue weighted by Gasteiger charge is 2.45. The molecule has 2 unspecified atom stereocenters. The molecule has 252 valence electrons. The van der Waals surface area contributed by atoms with Crippen LogP contribution in [0.2, 0.25) is 0 Å². The average molecular weight is 651 g/mol. The lowest BCUT2D eigenvalue weighted by Crippen LogP contribution is -2.31. The highest BCUT2D eigenvalue weighted by atomic mass is 16.6. The molecular weight excluding hydrogens is 604 g/mol. The molecule has 1 fully saturated rings. The molecule has 3 aromatic rings. The van der Waals surface area contributed by atoms with E-state index in [9.17, 15) is 9.59 Å². The summed E-state index contributed by atoms with van der Waals surface area (Å²) in [6, 6.07) is 15.2. The molecule has 2 aromatic carbocycles. The number of hydrogen-bond acceptors (Lipinski definition) is 9. The number of carbonyl (C=O) groups excluding carboxylic acids is 2. The molecule has 1 saturated heterocycles. The van der Waals surface area contributed by atoms with Gasteiger partial charge in [-0.25, -0.2) is 4.99 Å². The number of nitrogens with zero attached hydrogens (tertiary/aromatic N) is 4. The van der Waals surface area contributed by atoms with Gasteiger partial charge >= 0.3 is 0 Å². The number of aromatic nitrogens is 1. The normalized spacial score (nSPS) is 18.7. The van der Waals surface area contributed by atoms with Gasteiger partial charge < -0.3 is 26.8 Å². The van der Waals surface area contributed by atoms with Crippen molar-refractivity contribution in [3.8, 4) is 0 Å². The second-order valence-corrected chi connectivity index (χ2v) is 12.7. The van der Waals surface area contributed by atoms with E-state index in [1.807, 2.05) is 42.5 Å². The molecule has 3 aliphatic rings. The maximum absolute atomic E-state index is 13.4. The number of pyridine rings is 1. The number of ether oxygens (including phenoxy) is 1. The minimum Gasteiger partial charge on any atom is -0.387 e. The van der Waals surface area contributed by atoms with E-state index in [1.54, 1.807) is 12.3 Å². The minimum atomic E-state index is -0.231. The van der Waals surface area contributed by atoms with Crippen molar-refractivity contribution in [1.82, 2.24) is 20.1 Å². The summed E-state index contributed by atoms with van der Waals surface area (Å²) >= 11 is 0. The van der Waals surface area contributed by atoms with Crippen LogP contribution in [0.5, 0.6) is 0 Å². The lowest BCUT2D eigenvalue weighted by molar-refractivity contribution is 0.0953. The molecule has 0 spiro atoms. The van der Waals surface area contributed by atoms with Crippen LogP contribution < -0.4 is 22.1 Å². The number of amides is 2. The summed E-state index contributed by atoms with van der Waals surface area (Å²) in [5.74, 6) is 0.161. The van der Waals surface area contributed by atoms with Crippen LogP contribution >= 0.6 is 0 Å². The number of fused-ring (bicyclic) bond motifs is 2. The molecule has 2 atom stereocenters. The van der Waals surface area contributed by atoms with E-state index in [0.717, 1.165) is 73.4 Å². The Morgan fingerprint density at radius 3 is 2.56 bits per heavy atom. The molecule has 48 heavy (non-hydrogen) atoms. The fraction of sp³-hybridized carbons (Fsp3) is 0.405. The van der Waals surface area contributed by atoms with E-state index in [1.165, 1.54) is 0 Å². The van der Waals surface area contributed by atoms with Crippen molar-refractivity contribution in [2.75, 3.05) is 38.0 Å². The second kappa shape index (κ2) is 15.2. The third kappa shape index (κ3) is 7.99. The zero-order valence-corrected chi connectivity index (χ0v) is 27.9. The molecule has 1 aromatic heterocycles. The third-order valence-corrected chi connectivity index (χ3v) is 8.93. The quantitative estimate of drug-likeness (QED) is 0.201. The number of rotatable bonds is 13. The SMILES string of the molecule is CCCN(CCC)C1OC1C1=Cc2ccc(C(=O)Nc3cnc4c(c3)CN(Cc3ccc(C(=O)NCCN)cc3)CC4)cc2N=C(N)C1. The van der Waals surface area contributed by atoms with Crippen molar-refractivity contribution in [3.05, 3.63) is 93.8 Å². The maximum Gasteiger partial charge on any atom is 0.255 e. The van der Waals surface area contributed by atoms with Crippen molar-refractivity contribution >= 4 is 35.1 Å². The first kappa shape index (κ1) is 33.5. The average Bonchev–Trinajstić information content (AvgIpc) is 3.90. The third-order valence-electron chi connectivity index (χ3n) is 8.93. The molecule has 11 nitrogen and oxygen atoms in total. The molecule has 0 saturated carbocycles. The van der Waals surface area contributed by atoms with Gasteiger partial charge in [-0.15, -0.1) is 0 Å². The molecule has 11 heteroatoms. The molecule has 3 aliphatic heterocycles. The number of amidine groups is 1. The van der Waals surface area contributed by atoms with Gasteiger partial charge in [-0.2, -0.15) is 0 Å². The molecule has 4 heterocycles. The summed E-state index contributed by atoms with van der Waals surface area (Å²) in [5, 5.41) is 5.83. The number of anilines is 1. The number of nitrogens with one attached hydrogen (secondary N) is 2. The van der Waals surface area contributed by atoms with Gasteiger partial charge in [0.05, 0.1) is 17.6 Å². The summed E-state index contributed by atoms with van der Waals surface area (Å²) in [5.41, 5.74) is 19.6. The van der Waals surface area contributed by atoms with Crippen molar-refractivity contribution in [1.29, 1.82) is 0 Å². The Morgan fingerprint density at radius 1 is 1.04 bits per heavy atom. The van der Waals surface area contributed by atoms with Gasteiger partial charge in [0.1, 0.15) is 18.2 Å². The Labute approximate surface area is 282 Å². The van der Waals surface area contributed by atoms with Crippen molar-refractivity contribution in [3.63, 3.8) is 0 Å². The van der Waals surface area contributed by atoms with E-state index < -0.39 is 0 Å². The van der Waals surface area contributed by atoms with Crippen LogP contribution in [0.3, 0.4) is 0 Å². The molecule has 6 rings (SSSR count). The van der Waals surface area contributed by atoms with Gasteiger partial charge in [-0.05, 0) is 59.9 Å². The van der Waals surface area contributed by atoms with Crippen LogP contribution in [0, 0.1) is 0 Å². The Kier molecular flexibility index (Phi) is 10.6. The minimum absolute atomic E-state index is 0.0125. The number of hydrogen-bond donors (Lipinski definition) is 4. The molecule has 0 bridgehead atoms. The van der Waals surface area contributed by atoms with Crippen molar-refractivity contribution in [2.24, 2.45) is 16.5 Å². The second-order valence-electron chi connectivity index (χ2n) is 12.7. The van der Waals surface area contributed by atoms with Crippen molar-refractivity contribution in [2.45, 2.75) is 65.0 Å². The van der Waals surface area contributed by atoms with E-state index in [0.29, 0.717) is 54.4 Å². The summed E-state index contributed by atoms with van der Waals surface area (Å²) in [4.78, 5) is 39.7. The summed E-state index contributed by atoms with van der Waals surface area (Å²) in [6.07, 6.45) is 7.47. The Morgan fingerprint density at radius 2 is 1.81 bits per heavy atom. The van der Waals surface area contributed by atoms with E-state index >= 15 is 0 Å². The summed E-state index contributed by atoms with van der Waals surface area (Å²) < 4.78 is 6.13. The monoisotopic (exact) mass is 650 g/mol. The van der Waals surface area contributed by atoms with Crippen LogP contribution in [-0.2, 0) is 24.2 Å². The lowest BCUT2D eigenvalue weighted by Gasteiger charge is -2.28. The Balaban J connectivity index is 1.09. The fourth-order valence-electron chi connectivity index (χ4n) is 6.53. The zero-order chi connectivity index (χ0) is 33.6. The van der Waals surface area contributed by atoms with Gasteiger partial charge in [0, 0.05) is 81.0 Å². The van der Waals surface area contributed by atoms with Gasteiger partial charge in [0.25, 0.3) is 11.8 Å². The fourth-order valence-corrected chi connectivity index (χ4v) is 6.53.